The molecule has 0 aromatic carbocycles. The van der Waals surface area contributed by atoms with Gasteiger partial charge in [-0.25, -0.2) is 0 Å². The minimum absolute atomic E-state index is 0.00979. The predicted octanol–water partition coefficient (Wildman–Crippen LogP) is 0.814. The summed E-state index contributed by atoms with van der Waals surface area (Å²) in [6.07, 6.45) is 2.94. The first-order valence-corrected chi connectivity index (χ1v) is 6.22. The number of nitrogens with zero attached hydrogens (tertiary/aromatic N) is 4. The predicted molar refractivity (Wildman–Crippen MR) is 73.0 cm³/mol. The zero-order valence-electron chi connectivity index (χ0n) is 11.4. The molecule has 0 aliphatic rings. The lowest BCUT2D eigenvalue weighted by molar-refractivity contribution is -0.386. The van der Waals surface area contributed by atoms with Gasteiger partial charge in [0.25, 0.3) is 0 Å². The third-order valence-electron chi connectivity index (χ3n) is 3.02. The van der Waals surface area contributed by atoms with Gasteiger partial charge >= 0.3 is 5.69 Å². The van der Waals surface area contributed by atoms with E-state index in [-0.39, 0.29) is 12.2 Å². The maximum Gasteiger partial charge on any atom is 0.312 e. The molecule has 0 aliphatic carbocycles. The monoisotopic (exact) mass is 279 g/mol. The quantitative estimate of drug-likeness (QED) is 0.602. The van der Waals surface area contributed by atoms with Crippen LogP contribution in [0.5, 0.6) is 0 Å². The van der Waals surface area contributed by atoms with Crippen LogP contribution in [0.25, 0.3) is 0 Å². The van der Waals surface area contributed by atoms with Crippen LogP contribution in [-0.2, 0) is 6.54 Å². The highest BCUT2D eigenvalue weighted by atomic mass is 16.6. The van der Waals surface area contributed by atoms with Gasteiger partial charge in [0.2, 0.25) is 0 Å². The van der Waals surface area contributed by atoms with Crippen molar-refractivity contribution in [3.05, 3.63) is 46.0 Å². The van der Waals surface area contributed by atoms with E-state index in [1.165, 1.54) is 4.68 Å². The van der Waals surface area contributed by atoms with Gasteiger partial charge in [-0.15, -0.1) is 0 Å². The molecule has 8 nitrogen and oxygen atoms in total. The Bertz CT molecular complexity index is 591. The van der Waals surface area contributed by atoms with Crippen LogP contribution in [0.2, 0.25) is 0 Å². The first-order chi connectivity index (χ1) is 9.49. The molecule has 0 spiro atoms. The normalized spacial score (nSPS) is 12.3. The number of rotatable bonds is 6. The van der Waals surface area contributed by atoms with Crippen LogP contribution in [0.3, 0.4) is 0 Å². The average molecular weight is 279 g/mol. The summed E-state index contributed by atoms with van der Waals surface area (Å²) in [6, 6.07) is 3.73. The summed E-state index contributed by atoms with van der Waals surface area (Å²) in [6.45, 7) is 3.74. The Morgan fingerprint density at radius 2 is 2.10 bits per heavy atom. The zero-order valence-corrected chi connectivity index (χ0v) is 11.4. The number of hydrogen-bond donors (Lipinski definition) is 2. The van der Waals surface area contributed by atoms with Crippen molar-refractivity contribution < 1.29 is 10.0 Å². The number of aryl methyl sites for hydroxylation is 1. The molecule has 2 heterocycles. The van der Waals surface area contributed by atoms with Crippen molar-refractivity contribution in [3.8, 4) is 0 Å². The molecule has 0 saturated carbocycles. The van der Waals surface area contributed by atoms with Gasteiger partial charge in [0.15, 0.2) is 0 Å². The molecular formula is C12H17N5O3. The average Bonchev–Trinajstić information content (AvgIpc) is 2.96. The number of aromatic nitrogens is 3. The molecule has 8 heteroatoms. The summed E-state index contributed by atoms with van der Waals surface area (Å²) in [5.74, 6) is 0. The molecule has 0 bridgehead atoms. The summed E-state index contributed by atoms with van der Waals surface area (Å²) >= 11 is 0. The molecule has 2 rings (SSSR count). The van der Waals surface area contributed by atoms with E-state index >= 15 is 0 Å². The van der Waals surface area contributed by atoms with Gasteiger partial charge in [-0.05, 0) is 26.0 Å². The summed E-state index contributed by atoms with van der Waals surface area (Å²) < 4.78 is 3.20. The van der Waals surface area contributed by atoms with Gasteiger partial charge in [-0.3, -0.25) is 19.5 Å². The highest BCUT2D eigenvalue weighted by Crippen LogP contribution is 2.21. The van der Waals surface area contributed by atoms with Crippen molar-refractivity contribution in [2.45, 2.75) is 26.5 Å². The highest BCUT2D eigenvalue weighted by molar-refractivity contribution is 5.39. The van der Waals surface area contributed by atoms with E-state index in [2.05, 4.69) is 10.5 Å². The number of nitrogens with one attached hydrogen (secondary N) is 1. The van der Waals surface area contributed by atoms with Crippen molar-refractivity contribution in [2.24, 2.45) is 0 Å². The molecule has 0 aliphatic heterocycles. The maximum atomic E-state index is 10.9. The van der Waals surface area contributed by atoms with E-state index in [1.807, 2.05) is 24.5 Å². The fraction of sp³-hybridized carbons (Fsp3) is 0.417. The van der Waals surface area contributed by atoms with Crippen LogP contribution >= 0.6 is 0 Å². The number of aliphatic hydroxyl groups excluding tert-OH is 1. The lowest BCUT2D eigenvalue weighted by Crippen LogP contribution is -2.29. The number of aliphatic hydroxyl groups is 1. The fourth-order valence-electron chi connectivity index (χ4n) is 2.04. The summed E-state index contributed by atoms with van der Waals surface area (Å²) in [5.41, 5.74) is 3.82. The van der Waals surface area contributed by atoms with Crippen LogP contribution in [0.1, 0.15) is 11.4 Å². The van der Waals surface area contributed by atoms with Crippen LogP contribution in [0, 0.1) is 24.0 Å². The highest BCUT2D eigenvalue weighted by Gasteiger charge is 2.22. The second-order valence-electron chi connectivity index (χ2n) is 4.57. The Balaban J connectivity index is 1.99. The maximum absolute atomic E-state index is 10.9. The standard InChI is InChI=1S/C12H17N5O3/c1-9-12(17(19)20)10(2)16(14-9)8-11(18)7-13-15-5-3-4-6-15/h3-6,11,13,18H,7-8H2,1-2H3. The first-order valence-electron chi connectivity index (χ1n) is 6.22. The molecule has 2 aromatic rings. The third kappa shape index (κ3) is 2.97. The Labute approximate surface area is 115 Å². The first kappa shape index (κ1) is 14.1. The van der Waals surface area contributed by atoms with Gasteiger partial charge in [0, 0.05) is 12.4 Å². The molecule has 0 fully saturated rings. The Morgan fingerprint density at radius 3 is 2.65 bits per heavy atom. The summed E-state index contributed by atoms with van der Waals surface area (Å²) in [4.78, 5) is 10.5. The Morgan fingerprint density at radius 1 is 1.45 bits per heavy atom. The van der Waals surface area contributed by atoms with Gasteiger partial charge in [0.05, 0.1) is 24.1 Å². The van der Waals surface area contributed by atoms with E-state index in [4.69, 9.17) is 0 Å². The van der Waals surface area contributed by atoms with E-state index < -0.39 is 11.0 Å². The molecule has 2 N–H and O–H groups in total. The summed E-state index contributed by atoms with van der Waals surface area (Å²) in [5, 5.41) is 25.0. The van der Waals surface area contributed by atoms with Crippen molar-refractivity contribution in [1.82, 2.24) is 14.5 Å². The van der Waals surface area contributed by atoms with Gasteiger partial charge < -0.3 is 10.5 Å². The van der Waals surface area contributed by atoms with Crippen molar-refractivity contribution in [3.63, 3.8) is 0 Å². The van der Waals surface area contributed by atoms with E-state index in [1.54, 1.807) is 18.5 Å². The third-order valence-corrected chi connectivity index (χ3v) is 3.02. The molecular weight excluding hydrogens is 262 g/mol. The van der Waals surface area contributed by atoms with Crippen molar-refractivity contribution in [1.29, 1.82) is 0 Å². The lowest BCUT2D eigenvalue weighted by atomic mass is 10.3. The minimum atomic E-state index is -0.699. The molecule has 0 saturated heterocycles. The van der Waals surface area contributed by atoms with Crippen molar-refractivity contribution >= 4 is 5.69 Å². The van der Waals surface area contributed by atoms with Gasteiger partial charge in [-0.2, -0.15) is 5.10 Å². The fourth-order valence-corrected chi connectivity index (χ4v) is 2.04. The topological polar surface area (TPSA) is 98.2 Å². The molecule has 20 heavy (non-hydrogen) atoms. The number of hydrogen-bond acceptors (Lipinski definition) is 5. The van der Waals surface area contributed by atoms with Crippen LogP contribution in [-0.4, -0.2) is 37.1 Å². The van der Waals surface area contributed by atoms with Crippen LogP contribution in [0.15, 0.2) is 24.5 Å². The molecule has 0 amide bonds. The number of nitro groups is 1. The van der Waals surface area contributed by atoms with E-state index in [9.17, 15) is 15.2 Å². The van der Waals surface area contributed by atoms with E-state index in [0.29, 0.717) is 17.9 Å². The van der Waals surface area contributed by atoms with Gasteiger partial charge in [-0.1, -0.05) is 0 Å². The SMILES string of the molecule is Cc1nn(CC(O)CNn2cccc2)c(C)c1[N+](=O)[O-]. The van der Waals surface area contributed by atoms with E-state index in [0.717, 1.165) is 0 Å². The molecule has 1 atom stereocenters. The molecule has 0 radical (unpaired) electrons. The Kier molecular flexibility index (Phi) is 4.04. The molecule has 1 unspecified atom stereocenters. The van der Waals surface area contributed by atoms with Crippen molar-refractivity contribution in [2.75, 3.05) is 12.0 Å². The summed E-state index contributed by atoms with van der Waals surface area (Å²) in [7, 11) is 0. The second kappa shape index (κ2) is 5.74. The zero-order chi connectivity index (χ0) is 14.7. The molecule has 2 aromatic heterocycles. The smallest absolute Gasteiger partial charge is 0.312 e. The van der Waals surface area contributed by atoms with Gasteiger partial charge in [0.1, 0.15) is 11.4 Å². The van der Waals surface area contributed by atoms with Crippen LogP contribution in [0.4, 0.5) is 5.69 Å². The molecule has 108 valence electrons. The lowest BCUT2D eigenvalue weighted by Gasteiger charge is -2.14. The minimum Gasteiger partial charge on any atom is -0.389 e. The van der Waals surface area contributed by atoms with Crippen LogP contribution < -0.4 is 5.43 Å². The largest absolute Gasteiger partial charge is 0.389 e. The second-order valence-corrected chi connectivity index (χ2v) is 4.57. The Hall–Kier alpha value is -2.35.